The van der Waals surface area contributed by atoms with Crippen LogP contribution in [0.15, 0.2) is 100 Å². The zero-order valence-corrected chi connectivity index (χ0v) is 21.7. The maximum Gasteiger partial charge on any atom is 0.343 e. The Bertz CT molecular complexity index is 1480. The molecule has 4 rings (SSSR count). The first-order chi connectivity index (χ1) is 18.9. The molecule has 0 fully saturated rings. The lowest BCUT2D eigenvalue weighted by molar-refractivity contribution is 0.0734. The quantitative estimate of drug-likeness (QED) is 0.0739. The maximum atomic E-state index is 13.0. The van der Waals surface area contributed by atoms with Gasteiger partial charge in [-0.25, -0.2) is 9.18 Å². The van der Waals surface area contributed by atoms with Gasteiger partial charge >= 0.3 is 5.97 Å². The lowest BCUT2D eigenvalue weighted by Gasteiger charge is -2.09. The molecule has 8 heteroatoms. The fraction of sp³-hybridized carbons (Fsp3) is 0.161. The molecule has 1 N–H and O–H groups in total. The SMILES string of the molecule is CCCCOc1ccc(C=Nc2cccc(C(=O)Oc3ccc(N=Nc4ccc(F)cc4)cc3)c2C)c(O)c1. The van der Waals surface area contributed by atoms with E-state index < -0.39 is 5.97 Å². The number of benzene rings is 4. The van der Waals surface area contributed by atoms with Crippen molar-refractivity contribution in [2.24, 2.45) is 15.2 Å². The first-order valence-corrected chi connectivity index (χ1v) is 12.5. The summed E-state index contributed by atoms with van der Waals surface area (Å²) in [5.41, 5.74) is 3.19. The number of nitrogens with zero attached hydrogens (tertiary/aromatic N) is 3. The Morgan fingerprint density at radius 1 is 0.923 bits per heavy atom. The summed E-state index contributed by atoms with van der Waals surface area (Å²) in [7, 11) is 0. The number of carbonyl (C=O) groups excluding carboxylic acids is 1. The Kier molecular flexibility index (Phi) is 9.13. The van der Waals surface area contributed by atoms with E-state index in [9.17, 15) is 14.3 Å². The van der Waals surface area contributed by atoms with E-state index in [0.717, 1.165) is 12.8 Å². The molecule has 7 nitrogen and oxygen atoms in total. The lowest BCUT2D eigenvalue weighted by atomic mass is 10.1. The number of hydrogen-bond acceptors (Lipinski definition) is 7. The number of ether oxygens (including phenoxy) is 2. The summed E-state index contributed by atoms with van der Waals surface area (Å²) in [6.45, 7) is 4.47. The van der Waals surface area contributed by atoms with E-state index in [2.05, 4.69) is 22.1 Å². The van der Waals surface area contributed by atoms with Crippen LogP contribution >= 0.6 is 0 Å². The Morgan fingerprint density at radius 2 is 1.59 bits per heavy atom. The molecule has 0 spiro atoms. The van der Waals surface area contributed by atoms with Crippen LogP contribution in [0.2, 0.25) is 0 Å². The molecular formula is C31H28FN3O4. The van der Waals surface area contributed by atoms with Crippen molar-refractivity contribution in [3.8, 4) is 17.2 Å². The molecule has 0 aliphatic carbocycles. The summed E-state index contributed by atoms with van der Waals surface area (Å²) in [4.78, 5) is 17.4. The van der Waals surface area contributed by atoms with Gasteiger partial charge in [0, 0.05) is 17.8 Å². The molecule has 0 radical (unpaired) electrons. The molecule has 0 heterocycles. The summed E-state index contributed by atoms with van der Waals surface area (Å²) in [5, 5.41) is 18.5. The molecule has 0 aliphatic rings. The molecule has 4 aromatic rings. The van der Waals surface area contributed by atoms with Gasteiger partial charge in [0.05, 0.1) is 29.2 Å². The number of azo groups is 1. The number of aromatic hydroxyl groups is 1. The average Bonchev–Trinajstić information content (AvgIpc) is 2.94. The van der Waals surface area contributed by atoms with Crippen molar-refractivity contribution in [2.75, 3.05) is 6.61 Å². The molecule has 0 bridgehead atoms. The summed E-state index contributed by atoms with van der Waals surface area (Å²) < 4.78 is 24.2. The van der Waals surface area contributed by atoms with Gasteiger partial charge in [0.15, 0.2) is 0 Å². The highest BCUT2D eigenvalue weighted by molar-refractivity contribution is 5.94. The van der Waals surface area contributed by atoms with Crippen LogP contribution in [-0.2, 0) is 0 Å². The smallest absolute Gasteiger partial charge is 0.343 e. The molecule has 0 unspecified atom stereocenters. The van der Waals surface area contributed by atoms with Crippen molar-refractivity contribution in [1.29, 1.82) is 0 Å². The van der Waals surface area contributed by atoms with E-state index >= 15 is 0 Å². The first-order valence-electron chi connectivity index (χ1n) is 12.5. The van der Waals surface area contributed by atoms with Crippen LogP contribution in [0.4, 0.5) is 21.5 Å². The zero-order chi connectivity index (χ0) is 27.6. The van der Waals surface area contributed by atoms with Crippen molar-refractivity contribution in [3.05, 3.63) is 107 Å². The van der Waals surface area contributed by atoms with Crippen molar-refractivity contribution in [2.45, 2.75) is 26.7 Å². The topological polar surface area (TPSA) is 92.8 Å². The lowest BCUT2D eigenvalue weighted by Crippen LogP contribution is -2.10. The normalized spacial score (nSPS) is 11.3. The molecule has 0 saturated carbocycles. The molecule has 4 aromatic carbocycles. The second-order valence-corrected chi connectivity index (χ2v) is 8.69. The number of rotatable bonds is 10. The van der Waals surface area contributed by atoms with Gasteiger partial charge in [-0.15, -0.1) is 0 Å². The third kappa shape index (κ3) is 7.58. The van der Waals surface area contributed by atoms with Crippen LogP contribution in [0.1, 0.15) is 41.3 Å². The monoisotopic (exact) mass is 525 g/mol. The third-order valence-corrected chi connectivity index (χ3v) is 5.79. The third-order valence-electron chi connectivity index (χ3n) is 5.79. The number of hydrogen-bond donors (Lipinski definition) is 1. The van der Waals surface area contributed by atoms with E-state index in [1.807, 2.05) is 0 Å². The van der Waals surface area contributed by atoms with Crippen LogP contribution in [0, 0.1) is 12.7 Å². The number of carbonyl (C=O) groups is 1. The van der Waals surface area contributed by atoms with Crippen molar-refractivity contribution in [1.82, 2.24) is 0 Å². The average molecular weight is 526 g/mol. The molecule has 0 aliphatic heterocycles. The van der Waals surface area contributed by atoms with E-state index in [-0.39, 0.29) is 11.6 Å². The highest BCUT2D eigenvalue weighted by Gasteiger charge is 2.14. The zero-order valence-electron chi connectivity index (χ0n) is 21.7. The van der Waals surface area contributed by atoms with E-state index in [0.29, 0.717) is 51.9 Å². The Morgan fingerprint density at radius 3 is 2.26 bits per heavy atom. The van der Waals surface area contributed by atoms with Crippen LogP contribution in [0.25, 0.3) is 0 Å². The van der Waals surface area contributed by atoms with Crippen LogP contribution in [0.3, 0.4) is 0 Å². The minimum atomic E-state index is -0.526. The standard InChI is InChI=1S/C31H28FN3O4/c1-3-4-18-38-27-15-8-22(30(36)19-27)20-33-29-7-5-6-28(21(29)2)31(37)39-26-16-13-25(14-17-26)35-34-24-11-9-23(32)10-12-24/h5-17,19-20,36H,3-4,18H2,1-2H3. The number of phenols is 1. The number of aliphatic imine (C=N–C) groups is 1. The van der Waals surface area contributed by atoms with Gasteiger partial charge in [-0.2, -0.15) is 10.2 Å². The van der Waals surface area contributed by atoms with Crippen LogP contribution in [0.5, 0.6) is 17.2 Å². The number of unbranched alkanes of at least 4 members (excludes halogenated alkanes) is 1. The fourth-order valence-corrected chi connectivity index (χ4v) is 3.55. The summed E-state index contributed by atoms with van der Waals surface area (Å²) in [5.74, 6) is 0.136. The van der Waals surface area contributed by atoms with Gasteiger partial charge in [0.25, 0.3) is 0 Å². The first kappa shape index (κ1) is 27.2. The Labute approximate surface area is 226 Å². The number of halogens is 1. The summed E-state index contributed by atoms with van der Waals surface area (Å²) in [6.07, 6.45) is 3.52. The molecule has 0 aromatic heterocycles. The van der Waals surface area contributed by atoms with Crippen LogP contribution < -0.4 is 9.47 Å². The molecule has 0 atom stereocenters. The minimum absolute atomic E-state index is 0.0570. The predicted molar refractivity (Wildman–Crippen MR) is 149 cm³/mol. The largest absolute Gasteiger partial charge is 0.507 e. The Hall–Kier alpha value is -4.85. The Balaban J connectivity index is 1.41. The fourth-order valence-electron chi connectivity index (χ4n) is 3.55. The number of esters is 1. The van der Waals surface area contributed by atoms with Gasteiger partial charge in [0.2, 0.25) is 0 Å². The molecule has 0 amide bonds. The van der Waals surface area contributed by atoms with Gasteiger partial charge < -0.3 is 14.6 Å². The van der Waals surface area contributed by atoms with Crippen molar-refractivity contribution < 1.29 is 23.8 Å². The summed E-state index contributed by atoms with van der Waals surface area (Å²) >= 11 is 0. The van der Waals surface area contributed by atoms with E-state index in [4.69, 9.17) is 9.47 Å². The van der Waals surface area contributed by atoms with E-state index in [1.165, 1.54) is 24.3 Å². The second kappa shape index (κ2) is 13.1. The van der Waals surface area contributed by atoms with E-state index in [1.54, 1.807) is 73.8 Å². The second-order valence-electron chi connectivity index (χ2n) is 8.69. The van der Waals surface area contributed by atoms with Crippen molar-refractivity contribution in [3.63, 3.8) is 0 Å². The highest BCUT2D eigenvalue weighted by Crippen LogP contribution is 2.27. The maximum absolute atomic E-state index is 13.0. The van der Waals surface area contributed by atoms with Gasteiger partial charge in [-0.05, 0) is 91.7 Å². The van der Waals surface area contributed by atoms with Gasteiger partial charge in [0.1, 0.15) is 23.1 Å². The number of phenolic OH excluding ortho intramolecular Hbond substituents is 1. The van der Waals surface area contributed by atoms with Crippen molar-refractivity contribution >= 4 is 29.2 Å². The molecular weight excluding hydrogens is 497 g/mol. The minimum Gasteiger partial charge on any atom is -0.507 e. The predicted octanol–water partition coefficient (Wildman–Crippen LogP) is 8.40. The summed E-state index contributed by atoms with van der Waals surface area (Å²) in [6, 6.07) is 22.5. The molecule has 198 valence electrons. The van der Waals surface area contributed by atoms with Crippen LogP contribution in [-0.4, -0.2) is 23.9 Å². The van der Waals surface area contributed by atoms with Gasteiger partial charge in [-0.3, -0.25) is 4.99 Å². The molecule has 39 heavy (non-hydrogen) atoms. The molecule has 0 saturated heterocycles. The van der Waals surface area contributed by atoms with Gasteiger partial charge in [-0.1, -0.05) is 19.4 Å². The highest BCUT2D eigenvalue weighted by atomic mass is 19.1.